The molecule has 0 saturated heterocycles. The largest absolute Gasteiger partial charge is 0.359 e. The number of hydrogen-bond donors (Lipinski definition) is 4. The molecule has 28 heavy (non-hydrogen) atoms. The first-order valence-electron chi connectivity index (χ1n) is 8.85. The van der Waals surface area contributed by atoms with Gasteiger partial charge in [-0.25, -0.2) is 0 Å². The van der Waals surface area contributed by atoms with Crippen molar-refractivity contribution >= 4 is 57.3 Å². The lowest BCUT2D eigenvalue weighted by atomic mass is 10.1. The number of nitrogens with one attached hydrogen (secondary N) is 4. The zero-order chi connectivity index (χ0) is 19.6. The molecule has 8 heteroatoms. The zero-order valence-corrected chi connectivity index (χ0v) is 18.5. The maximum Gasteiger partial charge on any atom is 0.166 e. The van der Waals surface area contributed by atoms with Crippen LogP contribution in [0.15, 0.2) is 59.3 Å². The van der Waals surface area contributed by atoms with Crippen molar-refractivity contribution < 1.29 is 0 Å². The average molecular weight is 447 g/mol. The average Bonchev–Trinajstić information content (AvgIpc) is 3.42. The minimum Gasteiger partial charge on any atom is -0.359 e. The highest BCUT2D eigenvalue weighted by molar-refractivity contribution is 7.80. The molecular weight excluding hydrogens is 425 g/mol. The Morgan fingerprint density at radius 1 is 0.643 bits per heavy atom. The van der Waals surface area contributed by atoms with E-state index in [0.29, 0.717) is 23.3 Å². The van der Waals surface area contributed by atoms with Gasteiger partial charge in [0.15, 0.2) is 10.2 Å². The van der Waals surface area contributed by atoms with Crippen molar-refractivity contribution in [1.29, 1.82) is 0 Å². The number of hydrogen-bond acceptors (Lipinski definition) is 4. The Balaban J connectivity index is 1.38. The third-order valence-electron chi connectivity index (χ3n) is 3.90. The molecule has 0 aliphatic carbocycles. The Labute approximate surface area is 184 Å². The molecule has 4 N–H and O–H groups in total. The summed E-state index contributed by atoms with van der Waals surface area (Å²) in [5.41, 5.74) is 2.36. The third kappa shape index (κ3) is 7.20. The molecule has 0 atom stereocenters. The van der Waals surface area contributed by atoms with Crippen LogP contribution in [0.1, 0.15) is 20.9 Å². The van der Waals surface area contributed by atoms with E-state index in [1.54, 1.807) is 22.7 Å². The van der Waals surface area contributed by atoms with Gasteiger partial charge in [0, 0.05) is 22.8 Å². The summed E-state index contributed by atoms with van der Waals surface area (Å²) in [6.45, 7) is 2.88. The first-order chi connectivity index (χ1) is 13.7. The van der Waals surface area contributed by atoms with Gasteiger partial charge in [0.2, 0.25) is 0 Å². The Morgan fingerprint density at radius 2 is 1.11 bits per heavy atom. The second-order valence-electron chi connectivity index (χ2n) is 6.05. The van der Waals surface area contributed by atoms with Gasteiger partial charge in [0.25, 0.3) is 0 Å². The molecule has 0 aliphatic rings. The molecule has 0 spiro atoms. The van der Waals surface area contributed by atoms with Crippen LogP contribution in [0.4, 0.5) is 0 Å². The van der Waals surface area contributed by atoms with E-state index in [-0.39, 0.29) is 0 Å². The predicted molar refractivity (Wildman–Crippen MR) is 128 cm³/mol. The summed E-state index contributed by atoms with van der Waals surface area (Å²) < 4.78 is 0. The smallest absolute Gasteiger partial charge is 0.166 e. The van der Waals surface area contributed by atoms with Gasteiger partial charge in [-0.1, -0.05) is 36.4 Å². The van der Waals surface area contributed by atoms with Crippen LogP contribution in [0.2, 0.25) is 0 Å². The van der Waals surface area contributed by atoms with Crippen LogP contribution in [0.5, 0.6) is 0 Å². The topological polar surface area (TPSA) is 48.1 Å². The Bertz CT molecular complexity index is 806. The van der Waals surface area contributed by atoms with Crippen molar-refractivity contribution in [3.63, 3.8) is 0 Å². The van der Waals surface area contributed by atoms with Crippen molar-refractivity contribution in [1.82, 2.24) is 21.3 Å². The van der Waals surface area contributed by atoms with Gasteiger partial charge in [-0.3, -0.25) is 0 Å². The molecular formula is C20H22N4S4. The van der Waals surface area contributed by atoms with E-state index in [2.05, 4.69) is 68.4 Å². The summed E-state index contributed by atoms with van der Waals surface area (Å²) in [6, 6.07) is 16.7. The number of rotatable bonds is 8. The second kappa shape index (κ2) is 11.1. The van der Waals surface area contributed by atoms with Gasteiger partial charge in [-0.05, 0) is 58.5 Å². The maximum atomic E-state index is 5.35. The maximum absolute atomic E-state index is 5.35. The van der Waals surface area contributed by atoms with E-state index in [9.17, 15) is 0 Å². The summed E-state index contributed by atoms with van der Waals surface area (Å²) in [5, 5.41) is 18.4. The molecule has 1 aromatic carbocycles. The molecule has 2 aromatic heterocycles. The van der Waals surface area contributed by atoms with Crippen LogP contribution < -0.4 is 21.3 Å². The van der Waals surface area contributed by atoms with Gasteiger partial charge in [-0.15, -0.1) is 22.7 Å². The Hall–Kier alpha value is -2.00. The first kappa shape index (κ1) is 20.7. The highest BCUT2D eigenvalue weighted by Crippen LogP contribution is 2.09. The van der Waals surface area contributed by atoms with Gasteiger partial charge in [0.1, 0.15) is 0 Å². The zero-order valence-electron chi connectivity index (χ0n) is 15.2. The normalized spacial score (nSPS) is 10.3. The van der Waals surface area contributed by atoms with Gasteiger partial charge < -0.3 is 21.3 Å². The van der Waals surface area contributed by atoms with Crippen molar-refractivity contribution in [2.24, 2.45) is 0 Å². The minimum absolute atomic E-state index is 0.663. The molecule has 0 radical (unpaired) electrons. The quantitative estimate of drug-likeness (QED) is 0.390. The van der Waals surface area contributed by atoms with E-state index < -0.39 is 0 Å². The first-order valence-corrected chi connectivity index (χ1v) is 11.4. The molecule has 146 valence electrons. The lowest BCUT2D eigenvalue weighted by Crippen LogP contribution is -2.34. The monoisotopic (exact) mass is 446 g/mol. The van der Waals surface area contributed by atoms with Crippen LogP contribution in [-0.4, -0.2) is 10.2 Å². The molecule has 0 aliphatic heterocycles. The summed E-state index contributed by atoms with van der Waals surface area (Å²) in [4.78, 5) is 2.53. The summed E-state index contributed by atoms with van der Waals surface area (Å²) in [7, 11) is 0. The number of thiocarbonyl (C=S) groups is 2. The molecule has 3 rings (SSSR count). The van der Waals surface area contributed by atoms with Crippen molar-refractivity contribution in [2.45, 2.75) is 26.2 Å². The summed E-state index contributed by atoms with van der Waals surface area (Å²) >= 11 is 14.1. The Kier molecular flexibility index (Phi) is 8.23. The number of benzene rings is 1. The minimum atomic E-state index is 0.663. The van der Waals surface area contributed by atoms with Crippen molar-refractivity contribution in [3.8, 4) is 0 Å². The van der Waals surface area contributed by atoms with E-state index in [4.69, 9.17) is 24.4 Å². The van der Waals surface area contributed by atoms with Crippen LogP contribution >= 0.6 is 47.1 Å². The summed E-state index contributed by atoms with van der Waals surface area (Å²) in [6.07, 6.45) is 0. The summed E-state index contributed by atoms with van der Waals surface area (Å²) in [5.74, 6) is 0. The van der Waals surface area contributed by atoms with Crippen LogP contribution in [-0.2, 0) is 26.2 Å². The lowest BCUT2D eigenvalue weighted by molar-refractivity contribution is 0.826. The molecule has 3 aromatic rings. The fraction of sp³-hybridized carbons (Fsp3) is 0.200. The highest BCUT2D eigenvalue weighted by atomic mass is 32.1. The third-order valence-corrected chi connectivity index (χ3v) is 6.23. The van der Waals surface area contributed by atoms with Crippen LogP contribution in [0.3, 0.4) is 0 Å². The van der Waals surface area contributed by atoms with Crippen LogP contribution in [0, 0.1) is 0 Å². The number of thiophene rings is 2. The fourth-order valence-corrected chi connectivity index (χ4v) is 4.08. The molecule has 0 unspecified atom stereocenters. The lowest BCUT2D eigenvalue weighted by Gasteiger charge is -2.12. The molecule has 0 fully saturated rings. The molecule has 0 saturated carbocycles. The molecule has 2 heterocycles. The van der Waals surface area contributed by atoms with Gasteiger partial charge >= 0.3 is 0 Å². The second-order valence-corrected chi connectivity index (χ2v) is 8.93. The standard InChI is InChI=1S/C20H22N4S4/c25-19(23-13-17-6-2-8-27-17)21-11-15-4-1-5-16(10-15)12-22-20(26)24-14-18-7-3-9-28-18/h1-10H,11-14H2,(H2,21,23,25)(H2,22,24,26). The molecule has 0 bridgehead atoms. The SMILES string of the molecule is S=C(NCc1cccc(CNC(=S)NCc2cccs2)c1)NCc1cccs1. The molecule has 0 amide bonds. The van der Waals surface area contributed by atoms with Gasteiger partial charge in [-0.2, -0.15) is 0 Å². The van der Waals surface area contributed by atoms with Crippen molar-refractivity contribution in [3.05, 3.63) is 80.2 Å². The van der Waals surface area contributed by atoms with E-state index >= 15 is 0 Å². The van der Waals surface area contributed by atoms with Gasteiger partial charge in [0.05, 0.1) is 13.1 Å². The van der Waals surface area contributed by atoms with E-state index in [1.165, 1.54) is 20.9 Å². The van der Waals surface area contributed by atoms with Crippen LogP contribution in [0.25, 0.3) is 0 Å². The molecule has 4 nitrogen and oxygen atoms in total. The van der Waals surface area contributed by atoms with Crippen molar-refractivity contribution in [2.75, 3.05) is 0 Å². The highest BCUT2D eigenvalue weighted by Gasteiger charge is 2.01. The predicted octanol–water partition coefficient (Wildman–Crippen LogP) is 4.14. The Morgan fingerprint density at radius 3 is 1.54 bits per heavy atom. The van der Waals surface area contributed by atoms with E-state index in [1.807, 2.05) is 12.1 Å². The van der Waals surface area contributed by atoms with E-state index in [0.717, 1.165) is 13.1 Å². The fourth-order valence-electron chi connectivity index (χ4n) is 2.50.